The zero-order valence-corrected chi connectivity index (χ0v) is 21.8. The van der Waals surface area contributed by atoms with Crippen molar-refractivity contribution in [3.63, 3.8) is 0 Å². The first-order valence-electron chi connectivity index (χ1n) is 12.5. The third kappa shape index (κ3) is 6.26. The Morgan fingerprint density at radius 1 is 1.19 bits per heavy atom. The summed E-state index contributed by atoms with van der Waals surface area (Å²) in [4.78, 5) is 28.0. The predicted molar refractivity (Wildman–Crippen MR) is 138 cm³/mol. The van der Waals surface area contributed by atoms with Crippen LogP contribution in [0.1, 0.15) is 45.6 Å². The molecule has 1 aromatic heterocycles. The van der Waals surface area contributed by atoms with Crippen molar-refractivity contribution in [2.45, 2.75) is 69.8 Å². The lowest BCUT2D eigenvalue weighted by molar-refractivity contribution is 0.0530. The smallest absolute Gasteiger partial charge is 0.404 e. The van der Waals surface area contributed by atoms with Crippen LogP contribution in [0.2, 0.25) is 0 Å². The Morgan fingerprint density at radius 3 is 2.50 bits per heavy atom. The lowest BCUT2D eigenvalue weighted by atomic mass is 9.97. The summed E-state index contributed by atoms with van der Waals surface area (Å²) in [5, 5.41) is 16.9. The van der Waals surface area contributed by atoms with Gasteiger partial charge >= 0.3 is 6.09 Å². The highest BCUT2D eigenvalue weighted by molar-refractivity contribution is 7.90. The minimum atomic E-state index is -3.13. The van der Waals surface area contributed by atoms with E-state index in [0.29, 0.717) is 6.54 Å². The molecule has 0 aliphatic carbocycles. The molecule has 3 heterocycles. The summed E-state index contributed by atoms with van der Waals surface area (Å²) in [6.07, 6.45) is 3.23. The van der Waals surface area contributed by atoms with E-state index in [-0.39, 0.29) is 47.9 Å². The van der Waals surface area contributed by atoms with Gasteiger partial charge in [0.1, 0.15) is 0 Å². The molecule has 2 bridgehead atoms. The fourth-order valence-electron chi connectivity index (χ4n) is 5.55. The molecule has 2 unspecified atom stereocenters. The van der Waals surface area contributed by atoms with E-state index in [9.17, 15) is 23.1 Å². The highest BCUT2D eigenvalue weighted by Gasteiger charge is 2.41. The lowest BCUT2D eigenvalue weighted by Crippen LogP contribution is -2.53. The molecule has 0 radical (unpaired) electrons. The van der Waals surface area contributed by atoms with Gasteiger partial charge in [0.15, 0.2) is 15.6 Å². The number of para-hydroxylation sites is 1. The Labute approximate surface area is 211 Å². The molecule has 10 nitrogen and oxygen atoms in total. The standard InChI is InChI=1S/C25H36N4O6S/c1-16(2)29-22-7-5-4-6-17(22)10-23(24(29)31)35-25(32)27-18-11-19-8-9-20(12-18)28(19)14-21(30)13-26-15-36(3,33)34/h4-7,10,16,18-21,26,30H,8-9,11-15H2,1-3H3,(H,27,32)/t18?,19-,20+,21?. The van der Waals surface area contributed by atoms with Gasteiger partial charge in [0, 0.05) is 48.9 Å². The van der Waals surface area contributed by atoms with Crippen LogP contribution in [0.4, 0.5) is 4.79 Å². The maximum absolute atomic E-state index is 13.0. The summed E-state index contributed by atoms with van der Waals surface area (Å²) >= 11 is 0. The number of nitrogens with one attached hydrogen (secondary N) is 2. The number of piperidine rings is 1. The van der Waals surface area contributed by atoms with Gasteiger partial charge in [-0.25, -0.2) is 13.2 Å². The van der Waals surface area contributed by atoms with Crippen molar-refractivity contribution < 1.29 is 23.1 Å². The van der Waals surface area contributed by atoms with E-state index in [1.54, 1.807) is 10.6 Å². The molecule has 11 heteroatoms. The van der Waals surface area contributed by atoms with Gasteiger partial charge in [-0.2, -0.15) is 0 Å². The summed E-state index contributed by atoms with van der Waals surface area (Å²) in [7, 11) is -3.13. The molecule has 4 rings (SSSR count). The van der Waals surface area contributed by atoms with Crippen LogP contribution in [-0.4, -0.2) is 78.5 Å². The average molecular weight is 521 g/mol. The number of hydrogen-bond donors (Lipinski definition) is 3. The number of amides is 1. The molecule has 2 saturated heterocycles. The Balaban J connectivity index is 1.35. The maximum Gasteiger partial charge on any atom is 0.413 e. The Morgan fingerprint density at radius 2 is 1.86 bits per heavy atom. The topological polar surface area (TPSA) is 130 Å². The third-order valence-electron chi connectivity index (χ3n) is 7.00. The molecule has 1 aromatic carbocycles. The largest absolute Gasteiger partial charge is 0.413 e. The monoisotopic (exact) mass is 520 g/mol. The minimum Gasteiger partial charge on any atom is -0.404 e. The predicted octanol–water partition coefficient (Wildman–Crippen LogP) is 1.62. The van der Waals surface area contributed by atoms with Crippen LogP contribution in [0.3, 0.4) is 0 Å². The van der Waals surface area contributed by atoms with Gasteiger partial charge < -0.3 is 25.0 Å². The zero-order valence-electron chi connectivity index (χ0n) is 21.0. The van der Waals surface area contributed by atoms with Crippen molar-refractivity contribution in [2.24, 2.45) is 0 Å². The number of aliphatic hydroxyl groups is 1. The average Bonchev–Trinajstić information content (AvgIpc) is 3.00. The van der Waals surface area contributed by atoms with Gasteiger partial charge in [-0.05, 0) is 51.7 Å². The first kappa shape index (κ1) is 26.6. The van der Waals surface area contributed by atoms with Crippen LogP contribution < -0.4 is 20.9 Å². The van der Waals surface area contributed by atoms with Crippen LogP contribution in [0.15, 0.2) is 35.1 Å². The fourth-order valence-corrected chi connectivity index (χ4v) is 6.04. The van der Waals surface area contributed by atoms with Crippen molar-refractivity contribution in [3.05, 3.63) is 40.7 Å². The molecular formula is C25H36N4O6S. The number of hydrogen-bond acceptors (Lipinski definition) is 8. The van der Waals surface area contributed by atoms with E-state index in [1.807, 2.05) is 38.1 Å². The molecule has 2 aliphatic rings. The Hall–Kier alpha value is -2.47. The van der Waals surface area contributed by atoms with E-state index in [0.717, 1.165) is 42.8 Å². The van der Waals surface area contributed by atoms with Crippen molar-refractivity contribution in [1.82, 2.24) is 20.1 Å². The second-order valence-electron chi connectivity index (χ2n) is 10.3. The number of carbonyl (C=O) groups excluding carboxylic acids is 1. The van der Waals surface area contributed by atoms with Crippen LogP contribution in [0.25, 0.3) is 10.9 Å². The van der Waals surface area contributed by atoms with Crippen molar-refractivity contribution in [3.8, 4) is 5.75 Å². The van der Waals surface area contributed by atoms with Gasteiger partial charge in [-0.3, -0.25) is 9.69 Å². The number of aromatic nitrogens is 1. The van der Waals surface area contributed by atoms with E-state index in [2.05, 4.69) is 15.5 Å². The Bertz CT molecular complexity index is 1250. The zero-order chi connectivity index (χ0) is 26.0. The summed E-state index contributed by atoms with van der Waals surface area (Å²) in [5.74, 6) is -0.158. The molecule has 0 saturated carbocycles. The van der Waals surface area contributed by atoms with Crippen LogP contribution in [0.5, 0.6) is 5.75 Å². The quantitative estimate of drug-likeness (QED) is 0.455. The number of fused-ring (bicyclic) bond motifs is 3. The lowest BCUT2D eigenvalue weighted by Gasteiger charge is -2.39. The SMILES string of the molecule is CC(C)n1c(=O)c(OC(=O)NC2C[C@H]3CC[C@@H](C2)N3CC(O)CNCS(C)(=O)=O)cc2ccccc21. The van der Waals surface area contributed by atoms with E-state index in [1.165, 1.54) is 0 Å². The Kier molecular flexibility index (Phi) is 8.03. The number of rotatable bonds is 9. The highest BCUT2D eigenvalue weighted by atomic mass is 32.2. The molecule has 3 N–H and O–H groups in total. The summed E-state index contributed by atoms with van der Waals surface area (Å²) in [6, 6.07) is 9.39. The summed E-state index contributed by atoms with van der Waals surface area (Å²) < 4.78 is 29.7. The normalized spacial score (nSPS) is 23.2. The van der Waals surface area contributed by atoms with Gasteiger partial charge in [0.2, 0.25) is 0 Å². The molecule has 0 spiro atoms. The van der Waals surface area contributed by atoms with Gasteiger partial charge in [-0.1, -0.05) is 18.2 Å². The molecular weight excluding hydrogens is 484 g/mol. The number of carbonyl (C=O) groups is 1. The minimum absolute atomic E-state index is 0.00465. The molecule has 198 valence electrons. The fraction of sp³-hybridized carbons (Fsp3) is 0.600. The number of pyridine rings is 1. The van der Waals surface area contributed by atoms with Crippen molar-refractivity contribution in [2.75, 3.05) is 25.2 Å². The summed E-state index contributed by atoms with van der Waals surface area (Å²) in [6.45, 7) is 4.49. The van der Waals surface area contributed by atoms with Gasteiger partial charge in [0.05, 0.1) is 17.5 Å². The van der Waals surface area contributed by atoms with Crippen LogP contribution in [-0.2, 0) is 9.84 Å². The van der Waals surface area contributed by atoms with Gasteiger partial charge in [0.25, 0.3) is 5.56 Å². The van der Waals surface area contributed by atoms with Gasteiger partial charge in [-0.15, -0.1) is 0 Å². The number of benzene rings is 1. The molecule has 2 fully saturated rings. The molecule has 2 aromatic rings. The second kappa shape index (κ2) is 10.9. The first-order valence-corrected chi connectivity index (χ1v) is 14.5. The van der Waals surface area contributed by atoms with E-state index in [4.69, 9.17) is 4.74 Å². The molecule has 36 heavy (non-hydrogen) atoms. The van der Waals surface area contributed by atoms with Crippen LogP contribution in [0, 0.1) is 0 Å². The number of sulfone groups is 1. The number of nitrogens with zero attached hydrogens (tertiary/aromatic N) is 2. The summed E-state index contributed by atoms with van der Waals surface area (Å²) in [5.41, 5.74) is 0.454. The maximum atomic E-state index is 13.0. The van der Waals surface area contributed by atoms with Crippen molar-refractivity contribution in [1.29, 1.82) is 0 Å². The molecule has 4 atom stereocenters. The number of aliphatic hydroxyl groups excluding tert-OH is 1. The van der Waals surface area contributed by atoms with E-state index < -0.39 is 22.0 Å². The molecule has 1 amide bonds. The van der Waals surface area contributed by atoms with Crippen LogP contribution >= 0.6 is 0 Å². The number of ether oxygens (including phenoxy) is 1. The van der Waals surface area contributed by atoms with E-state index >= 15 is 0 Å². The molecule has 2 aliphatic heterocycles. The second-order valence-corrected chi connectivity index (χ2v) is 12.4. The highest BCUT2D eigenvalue weighted by Crippen LogP contribution is 2.35. The van der Waals surface area contributed by atoms with Crippen molar-refractivity contribution >= 4 is 26.8 Å². The third-order valence-corrected chi connectivity index (χ3v) is 7.73. The first-order chi connectivity index (χ1) is 17.0.